The molecule has 2 rings (SSSR count). The number of carboxylic acids is 1. The Morgan fingerprint density at radius 3 is 2.89 bits per heavy atom. The summed E-state index contributed by atoms with van der Waals surface area (Å²) in [5.41, 5.74) is 6.70. The molecule has 2 aromatic rings. The van der Waals surface area contributed by atoms with Crippen LogP contribution in [0.25, 0.3) is 0 Å². The summed E-state index contributed by atoms with van der Waals surface area (Å²) in [4.78, 5) is 16.3. The SMILES string of the molecule is CSc1cccc(Nc2ncc(N)cc2C(=O)O)c1. The Balaban J connectivity index is 2.34. The van der Waals surface area contributed by atoms with Gasteiger partial charge in [-0.15, -0.1) is 11.8 Å². The number of anilines is 3. The maximum absolute atomic E-state index is 11.1. The van der Waals surface area contributed by atoms with Crippen molar-refractivity contribution in [1.29, 1.82) is 0 Å². The predicted molar refractivity (Wildman–Crippen MR) is 77.1 cm³/mol. The highest BCUT2D eigenvalue weighted by Crippen LogP contribution is 2.24. The van der Waals surface area contributed by atoms with Gasteiger partial charge in [-0.1, -0.05) is 6.07 Å². The molecule has 0 aliphatic rings. The molecule has 4 N–H and O–H groups in total. The topological polar surface area (TPSA) is 88.2 Å². The number of pyridine rings is 1. The van der Waals surface area contributed by atoms with Crippen LogP contribution in [-0.4, -0.2) is 22.3 Å². The van der Waals surface area contributed by atoms with Crippen molar-refractivity contribution >= 4 is 34.9 Å². The minimum absolute atomic E-state index is 0.0505. The molecule has 0 amide bonds. The molecule has 0 radical (unpaired) electrons. The van der Waals surface area contributed by atoms with E-state index in [1.807, 2.05) is 30.5 Å². The summed E-state index contributed by atoms with van der Waals surface area (Å²) >= 11 is 1.61. The first-order valence-corrected chi connectivity index (χ1v) is 6.72. The van der Waals surface area contributed by atoms with Gasteiger partial charge in [-0.05, 0) is 30.5 Å². The lowest BCUT2D eigenvalue weighted by Gasteiger charge is -2.09. The Bertz CT molecular complexity index is 617. The minimum atomic E-state index is -1.07. The van der Waals surface area contributed by atoms with Crippen molar-refractivity contribution in [2.45, 2.75) is 4.90 Å². The van der Waals surface area contributed by atoms with Crippen LogP contribution >= 0.6 is 11.8 Å². The molecule has 0 aliphatic heterocycles. The van der Waals surface area contributed by atoms with Crippen molar-refractivity contribution in [3.05, 3.63) is 42.1 Å². The number of nitrogens with one attached hydrogen (secondary N) is 1. The highest BCUT2D eigenvalue weighted by atomic mass is 32.2. The molecule has 0 aliphatic carbocycles. The number of carbonyl (C=O) groups is 1. The number of nitrogen functional groups attached to an aromatic ring is 1. The number of rotatable bonds is 4. The molecule has 1 heterocycles. The molecule has 0 spiro atoms. The maximum atomic E-state index is 11.1. The van der Waals surface area contributed by atoms with E-state index >= 15 is 0 Å². The summed E-state index contributed by atoms with van der Waals surface area (Å²) in [5.74, 6) is -0.789. The molecule has 0 saturated carbocycles. The Labute approximate surface area is 114 Å². The number of thioether (sulfide) groups is 1. The van der Waals surface area contributed by atoms with Crippen molar-refractivity contribution in [1.82, 2.24) is 4.98 Å². The average molecular weight is 275 g/mol. The molecule has 0 saturated heterocycles. The van der Waals surface area contributed by atoms with E-state index in [2.05, 4.69) is 10.3 Å². The van der Waals surface area contributed by atoms with E-state index < -0.39 is 5.97 Å². The normalized spacial score (nSPS) is 10.2. The first-order valence-electron chi connectivity index (χ1n) is 5.50. The zero-order valence-corrected chi connectivity index (χ0v) is 11.1. The van der Waals surface area contributed by atoms with Gasteiger partial charge in [-0.25, -0.2) is 9.78 Å². The van der Waals surface area contributed by atoms with Gasteiger partial charge in [-0.3, -0.25) is 0 Å². The number of carboxylic acid groups (broad SMARTS) is 1. The molecule has 19 heavy (non-hydrogen) atoms. The molecular formula is C13H13N3O2S. The van der Waals surface area contributed by atoms with Gasteiger partial charge in [0.2, 0.25) is 0 Å². The summed E-state index contributed by atoms with van der Waals surface area (Å²) in [6, 6.07) is 9.03. The van der Waals surface area contributed by atoms with Crippen LogP contribution in [0.15, 0.2) is 41.4 Å². The molecule has 1 aromatic carbocycles. The fraction of sp³-hybridized carbons (Fsp3) is 0.0769. The van der Waals surface area contributed by atoms with Crippen LogP contribution < -0.4 is 11.1 Å². The third-order valence-electron chi connectivity index (χ3n) is 2.47. The molecule has 0 bridgehead atoms. The lowest BCUT2D eigenvalue weighted by molar-refractivity contribution is 0.0697. The zero-order chi connectivity index (χ0) is 13.8. The van der Waals surface area contributed by atoms with Gasteiger partial charge in [-0.2, -0.15) is 0 Å². The highest BCUT2D eigenvalue weighted by Gasteiger charge is 2.12. The Morgan fingerprint density at radius 1 is 1.42 bits per heavy atom. The number of aromatic carboxylic acids is 1. The van der Waals surface area contributed by atoms with Crippen LogP contribution in [0.3, 0.4) is 0 Å². The quantitative estimate of drug-likeness (QED) is 0.744. The Morgan fingerprint density at radius 2 is 2.21 bits per heavy atom. The van der Waals surface area contributed by atoms with Gasteiger partial charge in [0.05, 0.1) is 11.9 Å². The second-order valence-corrected chi connectivity index (χ2v) is 4.71. The van der Waals surface area contributed by atoms with Crippen LogP contribution in [-0.2, 0) is 0 Å². The summed E-state index contributed by atoms with van der Waals surface area (Å²) in [6.45, 7) is 0. The number of aromatic nitrogens is 1. The van der Waals surface area contributed by atoms with Crippen molar-refractivity contribution in [3.63, 3.8) is 0 Å². The largest absolute Gasteiger partial charge is 0.478 e. The molecule has 1 aromatic heterocycles. The highest BCUT2D eigenvalue weighted by molar-refractivity contribution is 7.98. The van der Waals surface area contributed by atoms with E-state index in [0.29, 0.717) is 5.69 Å². The van der Waals surface area contributed by atoms with Gasteiger partial charge in [0.25, 0.3) is 0 Å². The molecule has 5 nitrogen and oxygen atoms in total. The van der Waals surface area contributed by atoms with Crippen molar-refractivity contribution < 1.29 is 9.90 Å². The predicted octanol–water partition coefficient (Wildman–Crippen LogP) is 2.83. The summed E-state index contributed by atoms with van der Waals surface area (Å²) in [5, 5.41) is 12.1. The van der Waals surface area contributed by atoms with Gasteiger partial charge in [0.1, 0.15) is 11.4 Å². The van der Waals surface area contributed by atoms with E-state index in [9.17, 15) is 4.79 Å². The smallest absolute Gasteiger partial charge is 0.339 e. The summed E-state index contributed by atoms with van der Waals surface area (Å²) < 4.78 is 0. The summed E-state index contributed by atoms with van der Waals surface area (Å²) in [7, 11) is 0. The van der Waals surface area contributed by atoms with E-state index in [1.54, 1.807) is 11.8 Å². The lowest BCUT2D eigenvalue weighted by atomic mass is 10.2. The van der Waals surface area contributed by atoms with Crippen LogP contribution in [0.2, 0.25) is 0 Å². The number of hydrogen-bond donors (Lipinski definition) is 3. The first-order chi connectivity index (χ1) is 9.10. The maximum Gasteiger partial charge on any atom is 0.339 e. The first kappa shape index (κ1) is 13.2. The molecule has 0 atom stereocenters. The number of nitrogens with zero attached hydrogens (tertiary/aromatic N) is 1. The molecule has 98 valence electrons. The fourth-order valence-corrected chi connectivity index (χ4v) is 2.04. The van der Waals surface area contributed by atoms with Gasteiger partial charge in [0, 0.05) is 10.6 Å². The van der Waals surface area contributed by atoms with Crippen molar-refractivity contribution in [2.24, 2.45) is 0 Å². The second kappa shape index (κ2) is 5.62. The average Bonchev–Trinajstić information content (AvgIpc) is 2.41. The summed E-state index contributed by atoms with van der Waals surface area (Å²) in [6.07, 6.45) is 3.40. The molecule has 6 heteroatoms. The van der Waals surface area contributed by atoms with E-state index in [4.69, 9.17) is 10.8 Å². The number of nitrogens with two attached hydrogens (primary N) is 1. The molecule has 0 fully saturated rings. The lowest BCUT2D eigenvalue weighted by Crippen LogP contribution is -2.06. The second-order valence-electron chi connectivity index (χ2n) is 3.83. The van der Waals surface area contributed by atoms with Gasteiger partial charge in [0.15, 0.2) is 0 Å². The van der Waals surface area contributed by atoms with E-state index in [0.717, 1.165) is 10.6 Å². The van der Waals surface area contributed by atoms with Crippen molar-refractivity contribution in [3.8, 4) is 0 Å². The third kappa shape index (κ3) is 3.17. The fourth-order valence-electron chi connectivity index (χ4n) is 1.58. The van der Waals surface area contributed by atoms with Crippen LogP contribution in [0.4, 0.5) is 17.2 Å². The van der Waals surface area contributed by atoms with Gasteiger partial charge < -0.3 is 16.2 Å². The van der Waals surface area contributed by atoms with Crippen molar-refractivity contribution in [2.75, 3.05) is 17.3 Å². The number of hydrogen-bond acceptors (Lipinski definition) is 5. The van der Waals surface area contributed by atoms with E-state index in [-0.39, 0.29) is 11.4 Å². The Kier molecular flexibility index (Phi) is 3.91. The van der Waals surface area contributed by atoms with Crippen LogP contribution in [0, 0.1) is 0 Å². The third-order valence-corrected chi connectivity index (χ3v) is 3.20. The minimum Gasteiger partial charge on any atom is -0.478 e. The molecular weight excluding hydrogens is 262 g/mol. The standard InChI is InChI=1S/C13H13N3O2S/c1-19-10-4-2-3-9(6-10)16-12-11(13(17)18)5-8(14)7-15-12/h2-7H,14H2,1H3,(H,15,16)(H,17,18). The monoisotopic (exact) mass is 275 g/mol. The van der Waals surface area contributed by atoms with Crippen LogP contribution in [0.5, 0.6) is 0 Å². The zero-order valence-electron chi connectivity index (χ0n) is 10.3. The van der Waals surface area contributed by atoms with Crippen LogP contribution in [0.1, 0.15) is 10.4 Å². The van der Waals surface area contributed by atoms with Gasteiger partial charge >= 0.3 is 5.97 Å². The van der Waals surface area contributed by atoms with E-state index in [1.165, 1.54) is 12.3 Å². The number of benzene rings is 1. The Hall–Kier alpha value is -2.21. The molecule has 0 unspecified atom stereocenters.